The Hall–Kier alpha value is -2.95. The Morgan fingerprint density at radius 1 is 1.03 bits per heavy atom. The summed E-state index contributed by atoms with van der Waals surface area (Å²) in [6.45, 7) is 7.28. The highest BCUT2D eigenvalue weighted by Crippen LogP contribution is 2.31. The number of hydrogen-bond donors (Lipinski definition) is 0. The first-order valence-corrected chi connectivity index (χ1v) is 9.61. The minimum atomic E-state index is -4.42. The van der Waals surface area contributed by atoms with Gasteiger partial charge in [-0.15, -0.1) is 0 Å². The van der Waals surface area contributed by atoms with E-state index in [-0.39, 0.29) is 17.3 Å². The van der Waals surface area contributed by atoms with Gasteiger partial charge in [0.1, 0.15) is 0 Å². The van der Waals surface area contributed by atoms with Gasteiger partial charge in [-0.2, -0.15) is 23.1 Å². The number of benzene rings is 1. The molecule has 0 bridgehead atoms. The van der Waals surface area contributed by atoms with E-state index >= 15 is 0 Å². The lowest BCUT2D eigenvalue weighted by molar-refractivity contribution is -0.137. The molecule has 3 aromatic rings. The molecule has 11 heteroatoms. The van der Waals surface area contributed by atoms with Gasteiger partial charge in [0.25, 0.3) is 0 Å². The number of hydrogen-bond acceptors (Lipinski definition) is 8. The number of aromatic nitrogens is 4. The lowest BCUT2D eigenvalue weighted by Crippen LogP contribution is -2.46. The van der Waals surface area contributed by atoms with Crippen molar-refractivity contribution >= 4 is 6.01 Å². The number of anilines is 1. The number of rotatable bonds is 5. The summed E-state index contributed by atoms with van der Waals surface area (Å²) in [5.41, 5.74) is -0.480. The van der Waals surface area contributed by atoms with Gasteiger partial charge in [0.05, 0.1) is 12.1 Å². The van der Waals surface area contributed by atoms with Crippen molar-refractivity contribution in [1.82, 2.24) is 25.2 Å². The summed E-state index contributed by atoms with van der Waals surface area (Å²) in [5, 5.41) is 7.82. The Kier molecular flexibility index (Phi) is 5.46. The molecule has 0 unspecified atom stereocenters. The molecule has 0 atom stereocenters. The third-order valence-corrected chi connectivity index (χ3v) is 4.87. The first-order chi connectivity index (χ1) is 14.3. The molecule has 2 aromatic heterocycles. The smallest absolute Gasteiger partial charge is 0.338 e. The van der Waals surface area contributed by atoms with Crippen LogP contribution in [-0.2, 0) is 12.7 Å². The highest BCUT2D eigenvalue weighted by Gasteiger charge is 2.31. The van der Waals surface area contributed by atoms with Crippen LogP contribution in [0.15, 0.2) is 33.3 Å². The number of alkyl halides is 3. The fourth-order valence-corrected chi connectivity index (χ4v) is 3.15. The maximum absolute atomic E-state index is 12.9. The van der Waals surface area contributed by atoms with Crippen LogP contribution >= 0.6 is 0 Å². The Balaban J connectivity index is 1.36. The van der Waals surface area contributed by atoms with E-state index in [4.69, 9.17) is 9.05 Å². The molecule has 8 nitrogen and oxygen atoms in total. The molecule has 160 valence electrons. The first-order valence-electron chi connectivity index (χ1n) is 9.61. The molecule has 0 saturated carbocycles. The predicted molar refractivity (Wildman–Crippen MR) is 101 cm³/mol. The third-order valence-electron chi connectivity index (χ3n) is 4.87. The van der Waals surface area contributed by atoms with Crippen LogP contribution in [-0.4, -0.2) is 51.4 Å². The maximum atomic E-state index is 12.9. The number of halogens is 3. The standard InChI is InChI=1S/C19H21F3N6O2/c1-12(2)16-24-18(30-25-16)28-8-6-27(7-9-28)11-15-23-17(26-29-15)13-4-3-5-14(10-13)19(20,21)22/h3-5,10,12H,6-9,11H2,1-2H3. The largest absolute Gasteiger partial charge is 0.416 e. The van der Waals surface area contributed by atoms with Crippen LogP contribution < -0.4 is 4.90 Å². The normalized spacial score (nSPS) is 15.9. The summed E-state index contributed by atoms with van der Waals surface area (Å²) in [7, 11) is 0. The minimum absolute atomic E-state index is 0.141. The Bertz CT molecular complexity index is 992. The predicted octanol–water partition coefficient (Wildman–Crippen LogP) is 3.58. The minimum Gasteiger partial charge on any atom is -0.338 e. The summed E-state index contributed by atoms with van der Waals surface area (Å²) >= 11 is 0. The second kappa shape index (κ2) is 8.05. The molecule has 0 aliphatic carbocycles. The second-order valence-electron chi connectivity index (χ2n) is 7.44. The zero-order chi connectivity index (χ0) is 21.3. The first kappa shape index (κ1) is 20.3. The zero-order valence-electron chi connectivity index (χ0n) is 16.6. The fraction of sp³-hybridized carbons (Fsp3) is 0.474. The van der Waals surface area contributed by atoms with Crippen LogP contribution in [0.5, 0.6) is 0 Å². The van der Waals surface area contributed by atoms with E-state index in [1.165, 1.54) is 12.1 Å². The van der Waals surface area contributed by atoms with E-state index in [1.54, 1.807) is 0 Å². The van der Waals surface area contributed by atoms with Crippen molar-refractivity contribution in [3.63, 3.8) is 0 Å². The maximum Gasteiger partial charge on any atom is 0.416 e. The molecule has 1 aliphatic rings. The van der Waals surface area contributed by atoms with Crippen molar-refractivity contribution in [1.29, 1.82) is 0 Å². The quantitative estimate of drug-likeness (QED) is 0.617. The fourth-order valence-electron chi connectivity index (χ4n) is 3.15. The molecule has 0 spiro atoms. The molecule has 0 N–H and O–H groups in total. The van der Waals surface area contributed by atoms with Crippen LogP contribution in [0.25, 0.3) is 11.4 Å². The Morgan fingerprint density at radius 3 is 2.47 bits per heavy atom. The van der Waals surface area contributed by atoms with Gasteiger partial charge in [-0.25, -0.2) is 0 Å². The van der Waals surface area contributed by atoms with E-state index in [0.717, 1.165) is 25.2 Å². The van der Waals surface area contributed by atoms with Crippen molar-refractivity contribution in [2.45, 2.75) is 32.5 Å². The van der Waals surface area contributed by atoms with Crippen molar-refractivity contribution in [3.8, 4) is 11.4 Å². The molecule has 1 saturated heterocycles. The Morgan fingerprint density at radius 2 is 1.80 bits per heavy atom. The van der Waals surface area contributed by atoms with Gasteiger partial charge in [-0.05, 0) is 12.1 Å². The lowest BCUT2D eigenvalue weighted by Gasteiger charge is -2.32. The van der Waals surface area contributed by atoms with Gasteiger partial charge in [-0.1, -0.05) is 36.3 Å². The van der Waals surface area contributed by atoms with Gasteiger partial charge in [-0.3, -0.25) is 4.90 Å². The number of piperazine rings is 1. The molecule has 1 fully saturated rings. The number of nitrogens with zero attached hydrogens (tertiary/aromatic N) is 6. The summed E-state index contributed by atoms with van der Waals surface area (Å²) in [6, 6.07) is 5.40. The van der Waals surface area contributed by atoms with E-state index in [2.05, 4.69) is 25.2 Å². The van der Waals surface area contributed by atoms with Gasteiger partial charge in [0.15, 0.2) is 5.82 Å². The summed E-state index contributed by atoms with van der Waals surface area (Å²) < 4.78 is 49.3. The summed E-state index contributed by atoms with van der Waals surface area (Å²) in [4.78, 5) is 12.8. The van der Waals surface area contributed by atoms with Crippen LogP contribution in [0.4, 0.5) is 19.2 Å². The zero-order valence-corrected chi connectivity index (χ0v) is 16.6. The van der Waals surface area contributed by atoms with E-state index in [9.17, 15) is 13.2 Å². The average Bonchev–Trinajstić information content (AvgIpc) is 3.38. The van der Waals surface area contributed by atoms with E-state index in [1.807, 2.05) is 18.7 Å². The van der Waals surface area contributed by atoms with Crippen molar-refractivity contribution < 1.29 is 22.2 Å². The Labute approximate surface area is 170 Å². The molecule has 30 heavy (non-hydrogen) atoms. The van der Waals surface area contributed by atoms with Gasteiger partial charge < -0.3 is 13.9 Å². The van der Waals surface area contributed by atoms with Crippen LogP contribution in [0.3, 0.4) is 0 Å². The molecule has 1 aromatic carbocycles. The topological polar surface area (TPSA) is 84.3 Å². The molecular weight excluding hydrogens is 401 g/mol. The molecule has 4 rings (SSSR count). The average molecular weight is 422 g/mol. The third kappa shape index (κ3) is 4.45. The molecule has 0 amide bonds. The molecule has 3 heterocycles. The van der Waals surface area contributed by atoms with Crippen LogP contribution in [0.2, 0.25) is 0 Å². The summed E-state index contributed by atoms with van der Waals surface area (Å²) in [5.74, 6) is 1.38. The molecule has 0 radical (unpaired) electrons. The molecule has 1 aliphatic heterocycles. The highest BCUT2D eigenvalue weighted by atomic mass is 19.4. The van der Waals surface area contributed by atoms with Gasteiger partial charge in [0.2, 0.25) is 11.7 Å². The second-order valence-corrected chi connectivity index (χ2v) is 7.44. The molecular formula is C19H21F3N6O2. The van der Waals surface area contributed by atoms with E-state index < -0.39 is 11.7 Å². The summed E-state index contributed by atoms with van der Waals surface area (Å²) in [6.07, 6.45) is -4.42. The highest BCUT2D eigenvalue weighted by molar-refractivity contribution is 5.55. The lowest BCUT2D eigenvalue weighted by atomic mass is 10.1. The van der Waals surface area contributed by atoms with Crippen molar-refractivity contribution in [3.05, 3.63) is 41.5 Å². The van der Waals surface area contributed by atoms with Crippen molar-refractivity contribution in [2.24, 2.45) is 0 Å². The van der Waals surface area contributed by atoms with Crippen LogP contribution in [0.1, 0.15) is 37.0 Å². The van der Waals surface area contributed by atoms with Crippen molar-refractivity contribution in [2.75, 3.05) is 31.1 Å². The van der Waals surface area contributed by atoms with Gasteiger partial charge >= 0.3 is 12.2 Å². The van der Waals surface area contributed by atoms with E-state index in [0.29, 0.717) is 37.4 Å². The van der Waals surface area contributed by atoms with Gasteiger partial charge in [0, 0.05) is 37.7 Å². The van der Waals surface area contributed by atoms with Crippen LogP contribution in [0, 0.1) is 0 Å². The monoisotopic (exact) mass is 422 g/mol. The SMILES string of the molecule is CC(C)c1noc(N2CCN(Cc3nc(-c4cccc(C(F)(F)F)c4)no3)CC2)n1.